The molecule has 0 spiro atoms. The number of carbonyl (C=O) groups is 1. The number of para-hydroxylation sites is 1. The molecule has 1 amide bonds. The van der Waals surface area contributed by atoms with Gasteiger partial charge in [-0.3, -0.25) is 14.2 Å². The number of nitrogens with one attached hydrogen (secondary N) is 1. The SMILES string of the molecule is CN(C)C1(CNC(=O)c2ccc(=O)n(-c3ccccc3)c2)CCCC1. The van der Waals surface area contributed by atoms with Crippen LogP contribution in [0.25, 0.3) is 5.69 Å². The molecule has 0 unspecified atom stereocenters. The van der Waals surface area contributed by atoms with Crippen molar-refractivity contribution in [2.75, 3.05) is 20.6 Å². The van der Waals surface area contributed by atoms with E-state index in [0.29, 0.717) is 12.1 Å². The molecule has 0 saturated heterocycles. The van der Waals surface area contributed by atoms with Crippen molar-refractivity contribution in [3.8, 4) is 5.69 Å². The summed E-state index contributed by atoms with van der Waals surface area (Å²) in [4.78, 5) is 27.0. The molecule has 0 bridgehead atoms. The summed E-state index contributed by atoms with van der Waals surface area (Å²) >= 11 is 0. The van der Waals surface area contributed by atoms with Gasteiger partial charge in [-0.1, -0.05) is 31.0 Å². The summed E-state index contributed by atoms with van der Waals surface area (Å²) in [5.74, 6) is -0.141. The second kappa shape index (κ2) is 7.23. The number of pyridine rings is 1. The van der Waals surface area contributed by atoms with Gasteiger partial charge in [-0.05, 0) is 45.1 Å². The summed E-state index contributed by atoms with van der Waals surface area (Å²) in [5.41, 5.74) is 1.14. The van der Waals surface area contributed by atoms with Crippen LogP contribution < -0.4 is 10.9 Å². The van der Waals surface area contributed by atoms with Crippen LogP contribution in [0.4, 0.5) is 0 Å². The molecule has 132 valence electrons. The molecule has 0 radical (unpaired) electrons. The van der Waals surface area contributed by atoms with Crippen LogP contribution in [0.3, 0.4) is 0 Å². The van der Waals surface area contributed by atoms with E-state index >= 15 is 0 Å². The number of benzene rings is 1. The van der Waals surface area contributed by atoms with Crippen molar-refractivity contribution in [2.45, 2.75) is 31.2 Å². The van der Waals surface area contributed by atoms with Crippen molar-refractivity contribution in [3.05, 3.63) is 64.6 Å². The lowest BCUT2D eigenvalue weighted by Crippen LogP contribution is -2.50. The van der Waals surface area contributed by atoms with Gasteiger partial charge in [-0.25, -0.2) is 0 Å². The Kier molecular flexibility index (Phi) is 5.04. The molecule has 1 aromatic heterocycles. The van der Waals surface area contributed by atoms with Gasteiger partial charge in [0.25, 0.3) is 11.5 Å². The summed E-state index contributed by atoms with van der Waals surface area (Å²) in [5, 5.41) is 3.07. The minimum Gasteiger partial charge on any atom is -0.350 e. The Hall–Kier alpha value is -2.40. The zero-order chi connectivity index (χ0) is 17.9. The highest BCUT2D eigenvalue weighted by atomic mass is 16.2. The zero-order valence-electron chi connectivity index (χ0n) is 14.9. The Labute approximate surface area is 148 Å². The molecule has 2 aromatic rings. The van der Waals surface area contributed by atoms with Crippen molar-refractivity contribution in [1.29, 1.82) is 0 Å². The predicted molar refractivity (Wildman–Crippen MR) is 99.3 cm³/mol. The number of hydrogen-bond donors (Lipinski definition) is 1. The van der Waals surface area contributed by atoms with Gasteiger partial charge in [0, 0.05) is 30.0 Å². The monoisotopic (exact) mass is 339 g/mol. The molecule has 0 aliphatic heterocycles. The molecule has 1 saturated carbocycles. The standard InChI is InChI=1S/C20H25N3O2/c1-22(2)20(12-6-7-13-20)15-21-19(25)16-10-11-18(24)23(14-16)17-8-4-3-5-9-17/h3-5,8-11,14H,6-7,12-13,15H2,1-2H3,(H,21,25). The maximum atomic E-state index is 12.6. The van der Waals surface area contributed by atoms with Crippen LogP contribution in [0.15, 0.2) is 53.5 Å². The van der Waals surface area contributed by atoms with Crippen molar-refractivity contribution < 1.29 is 4.79 Å². The van der Waals surface area contributed by atoms with Gasteiger partial charge >= 0.3 is 0 Å². The van der Waals surface area contributed by atoms with Crippen LogP contribution in [-0.2, 0) is 0 Å². The zero-order valence-corrected chi connectivity index (χ0v) is 14.9. The first-order valence-electron chi connectivity index (χ1n) is 8.76. The van der Waals surface area contributed by atoms with Crippen molar-refractivity contribution in [1.82, 2.24) is 14.8 Å². The Morgan fingerprint density at radius 3 is 2.44 bits per heavy atom. The average molecular weight is 339 g/mol. The fourth-order valence-electron chi connectivity index (χ4n) is 3.57. The fraction of sp³-hybridized carbons (Fsp3) is 0.400. The Morgan fingerprint density at radius 2 is 1.80 bits per heavy atom. The van der Waals surface area contributed by atoms with E-state index in [2.05, 4.69) is 24.3 Å². The van der Waals surface area contributed by atoms with E-state index in [4.69, 9.17) is 0 Å². The smallest absolute Gasteiger partial charge is 0.255 e. The number of likely N-dealkylation sites (N-methyl/N-ethyl adjacent to an activating group) is 1. The lowest BCUT2D eigenvalue weighted by atomic mass is 9.96. The van der Waals surface area contributed by atoms with Crippen molar-refractivity contribution in [3.63, 3.8) is 0 Å². The van der Waals surface area contributed by atoms with Crippen LogP contribution in [0.2, 0.25) is 0 Å². The van der Waals surface area contributed by atoms with Crippen molar-refractivity contribution in [2.24, 2.45) is 0 Å². The molecule has 1 heterocycles. The molecule has 1 N–H and O–H groups in total. The summed E-state index contributed by atoms with van der Waals surface area (Å²) in [6.07, 6.45) is 6.22. The number of aromatic nitrogens is 1. The molecule has 5 heteroatoms. The molecular weight excluding hydrogens is 314 g/mol. The van der Waals surface area contributed by atoms with Crippen LogP contribution in [-0.4, -0.2) is 41.6 Å². The molecule has 1 aliphatic rings. The molecule has 1 fully saturated rings. The Morgan fingerprint density at radius 1 is 1.12 bits per heavy atom. The number of rotatable bonds is 5. The number of hydrogen-bond acceptors (Lipinski definition) is 3. The van der Waals surface area contributed by atoms with Gasteiger partial charge in [0.15, 0.2) is 0 Å². The summed E-state index contributed by atoms with van der Waals surface area (Å²) < 4.78 is 1.51. The lowest BCUT2D eigenvalue weighted by Gasteiger charge is -2.36. The third-order valence-corrected chi connectivity index (χ3v) is 5.27. The van der Waals surface area contributed by atoms with Crippen LogP contribution >= 0.6 is 0 Å². The number of nitrogens with zero attached hydrogens (tertiary/aromatic N) is 2. The molecule has 5 nitrogen and oxygen atoms in total. The highest BCUT2D eigenvalue weighted by molar-refractivity contribution is 5.94. The van der Waals surface area contributed by atoms with E-state index in [1.165, 1.54) is 23.5 Å². The Balaban J connectivity index is 1.78. The van der Waals surface area contributed by atoms with E-state index in [9.17, 15) is 9.59 Å². The van der Waals surface area contributed by atoms with Gasteiger partial charge < -0.3 is 10.2 Å². The third kappa shape index (κ3) is 3.66. The Bertz CT molecular complexity index is 790. The first-order valence-corrected chi connectivity index (χ1v) is 8.76. The van der Waals surface area contributed by atoms with Crippen LogP contribution in [0.1, 0.15) is 36.0 Å². The average Bonchev–Trinajstić information content (AvgIpc) is 3.11. The molecule has 0 atom stereocenters. The second-order valence-corrected chi connectivity index (χ2v) is 6.97. The van der Waals surface area contributed by atoms with E-state index in [-0.39, 0.29) is 17.0 Å². The number of amides is 1. The van der Waals surface area contributed by atoms with Crippen LogP contribution in [0.5, 0.6) is 0 Å². The first-order chi connectivity index (χ1) is 12.0. The summed E-state index contributed by atoms with van der Waals surface area (Å²) in [6.45, 7) is 0.628. The van der Waals surface area contributed by atoms with Gasteiger partial charge in [0.05, 0.1) is 5.56 Å². The molecule has 3 rings (SSSR count). The minimum absolute atomic E-state index is 0.0452. The maximum absolute atomic E-state index is 12.6. The summed E-state index contributed by atoms with van der Waals surface area (Å²) in [7, 11) is 4.15. The third-order valence-electron chi connectivity index (χ3n) is 5.27. The molecule has 1 aliphatic carbocycles. The van der Waals surface area contributed by atoms with E-state index in [1.807, 2.05) is 30.3 Å². The first kappa shape index (κ1) is 17.4. The predicted octanol–water partition coefficient (Wildman–Crippen LogP) is 2.44. The summed E-state index contributed by atoms with van der Waals surface area (Å²) in [6, 6.07) is 12.4. The maximum Gasteiger partial charge on any atom is 0.255 e. The van der Waals surface area contributed by atoms with E-state index in [0.717, 1.165) is 18.5 Å². The highest BCUT2D eigenvalue weighted by Gasteiger charge is 2.36. The van der Waals surface area contributed by atoms with E-state index < -0.39 is 0 Å². The molecular formula is C20H25N3O2. The molecule has 1 aromatic carbocycles. The molecule has 25 heavy (non-hydrogen) atoms. The normalized spacial score (nSPS) is 16.1. The van der Waals surface area contributed by atoms with Gasteiger partial charge in [-0.2, -0.15) is 0 Å². The second-order valence-electron chi connectivity index (χ2n) is 6.97. The van der Waals surface area contributed by atoms with Crippen molar-refractivity contribution >= 4 is 5.91 Å². The van der Waals surface area contributed by atoms with Gasteiger partial charge in [-0.15, -0.1) is 0 Å². The number of carbonyl (C=O) groups excluding carboxylic acids is 1. The van der Waals surface area contributed by atoms with E-state index in [1.54, 1.807) is 12.3 Å². The fourth-order valence-corrected chi connectivity index (χ4v) is 3.57. The topological polar surface area (TPSA) is 54.3 Å². The van der Waals surface area contributed by atoms with Gasteiger partial charge in [0.2, 0.25) is 0 Å². The quantitative estimate of drug-likeness (QED) is 0.910. The largest absolute Gasteiger partial charge is 0.350 e. The minimum atomic E-state index is -0.150. The lowest BCUT2D eigenvalue weighted by molar-refractivity contribution is 0.0899. The van der Waals surface area contributed by atoms with Crippen LogP contribution in [0, 0.1) is 0 Å². The van der Waals surface area contributed by atoms with Gasteiger partial charge in [0.1, 0.15) is 0 Å². The highest BCUT2D eigenvalue weighted by Crippen LogP contribution is 2.33.